The molecule has 0 N–H and O–H groups in total. The van der Waals surface area contributed by atoms with Crippen LogP contribution >= 0.6 is 0 Å². The molecule has 3 aromatic carbocycles. The number of ether oxygens (including phenoxy) is 1. The second-order valence-electron chi connectivity index (χ2n) is 7.50. The van der Waals surface area contributed by atoms with Crippen molar-refractivity contribution in [3.8, 4) is 17.0 Å². The van der Waals surface area contributed by atoms with Crippen molar-refractivity contribution < 1.29 is 9.53 Å². The average molecular weight is 382 g/mol. The van der Waals surface area contributed by atoms with Gasteiger partial charge in [0.1, 0.15) is 5.75 Å². The Labute approximate surface area is 169 Å². The minimum Gasteiger partial charge on any atom is -0.497 e. The number of carbonyl (C=O) groups excluding carboxylic acids is 1. The predicted molar refractivity (Wildman–Crippen MR) is 116 cm³/mol. The van der Waals surface area contributed by atoms with E-state index < -0.39 is 0 Å². The van der Waals surface area contributed by atoms with Crippen molar-refractivity contribution in [2.75, 3.05) is 20.2 Å². The molecule has 1 aliphatic rings. The number of likely N-dealkylation sites (tertiary alicyclic amines) is 1. The van der Waals surface area contributed by atoms with E-state index in [9.17, 15) is 4.79 Å². The number of rotatable bonds is 3. The van der Waals surface area contributed by atoms with Gasteiger partial charge in [0.25, 0.3) is 5.91 Å². The molecule has 1 amide bonds. The standard InChI is InChI=1S/C25H22N2O2/c1-29-20-11-10-17-14-19(9-8-18(17)15-20)24-16-22(25(28)27-12-4-5-13-27)21-6-2-3-7-23(21)26-24/h2-3,6-11,14-16H,4-5,12-13H2,1H3. The van der Waals surface area contributed by atoms with E-state index in [2.05, 4.69) is 24.3 Å². The van der Waals surface area contributed by atoms with Crippen LogP contribution in [0.1, 0.15) is 23.2 Å². The third-order valence-corrected chi connectivity index (χ3v) is 5.68. The summed E-state index contributed by atoms with van der Waals surface area (Å²) in [6, 6.07) is 22.1. The Bertz CT molecular complexity index is 1230. The Hall–Kier alpha value is -3.40. The Kier molecular flexibility index (Phi) is 4.39. The number of aromatic nitrogens is 1. The average Bonchev–Trinajstić information content (AvgIpc) is 3.32. The fourth-order valence-corrected chi connectivity index (χ4v) is 4.10. The zero-order valence-corrected chi connectivity index (χ0v) is 16.4. The van der Waals surface area contributed by atoms with E-state index in [1.54, 1.807) is 7.11 Å². The van der Waals surface area contributed by atoms with E-state index in [0.717, 1.165) is 70.2 Å². The van der Waals surface area contributed by atoms with Crippen molar-refractivity contribution in [1.29, 1.82) is 0 Å². The molecule has 1 fully saturated rings. The quantitative estimate of drug-likeness (QED) is 0.483. The lowest BCUT2D eigenvalue weighted by Crippen LogP contribution is -2.27. The number of fused-ring (bicyclic) bond motifs is 2. The van der Waals surface area contributed by atoms with Crippen LogP contribution in [0.5, 0.6) is 5.75 Å². The number of hydrogen-bond donors (Lipinski definition) is 0. The molecule has 5 rings (SSSR count). The summed E-state index contributed by atoms with van der Waals surface area (Å²) in [6.07, 6.45) is 2.16. The van der Waals surface area contributed by atoms with Crippen LogP contribution in [0.4, 0.5) is 0 Å². The van der Waals surface area contributed by atoms with E-state index in [-0.39, 0.29) is 5.91 Å². The lowest BCUT2D eigenvalue weighted by atomic mass is 10.0. The molecule has 0 saturated carbocycles. The first-order valence-corrected chi connectivity index (χ1v) is 10.0. The van der Waals surface area contributed by atoms with E-state index in [1.165, 1.54) is 0 Å². The van der Waals surface area contributed by atoms with E-state index in [4.69, 9.17) is 9.72 Å². The summed E-state index contributed by atoms with van der Waals surface area (Å²) in [7, 11) is 1.67. The third-order valence-electron chi connectivity index (χ3n) is 5.68. The molecule has 1 aromatic heterocycles. The fraction of sp³-hybridized carbons (Fsp3) is 0.200. The van der Waals surface area contributed by atoms with E-state index >= 15 is 0 Å². The highest BCUT2D eigenvalue weighted by Gasteiger charge is 2.22. The lowest BCUT2D eigenvalue weighted by molar-refractivity contribution is 0.0794. The van der Waals surface area contributed by atoms with Gasteiger partial charge < -0.3 is 9.64 Å². The highest BCUT2D eigenvalue weighted by Crippen LogP contribution is 2.30. The van der Waals surface area contributed by atoms with Crippen molar-refractivity contribution in [2.24, 2.45) is 0 Å². The van der Waals surface area contributed by atoms with Gasteiger partial charge >= 0.3 is 0 Å². The van der Waals surface area contributed by atoms with Crippen molar-refractivity contribution >= 4 is 27.6 Å². The predicted octanol–water partition coefficient (Wildman–Crippen LogP) is 5.30. The Balaban J connectivity index is 1.65. The van der Waals surface area contributed by atoms with Gasteiger partial charge in [-0.1, -0.05) is 36.4 Å². The van der Waals surface area contributed by atoms with Gasteiger partial charge in [0.2, 0.25) is 0 Å². The number of nitrogens with zero attached hydrogens (tertiary/aromatic N) is 2. The van der Waals surface area contributed by atoms with Crippen molar-refractivity contribution in [3.05, 3.63) is 72.3 Å². The van der Waals surface area contributed by atoms with Gasteiger partial charge in [0, 0.05) is 24.0 Å². The minimum atomic E-state index is 0.105. The molecule has 0 unspecified atom stereocenters. The topological polar surface area (TPSA) is 42.4 Å². The van der Waals surface area contributed by atoms with Crippen LogP contribution in [0.3, 0.4) is 0 Å². The van der Waals surface area contributed by atoms with Crippen LogP contribution in [0.25, 0.3) is 32.9 Å². The molecule has 1 aliphatic heterocycles. The van der Waals surface area contributed by atoms with Gasteiger partial charge in [-0.2, -0.15) is 0 Å². The maximum Gasteiger partial charge on any atom is 0.254 e. The highest BCUT2D eigenvalue weighted by atomic mass is 16.5. The third kappa shape index (κ3) is 3.21. The number of amides is 1. The van der Waals surface area contributed by atoms with Crippen LogP contribution in [0.15, 0.2) is 66.7 Å². The molecular weight excluding hydrogens is 360 g/mol. The summed E-state index contributed by atoms with van der Waals surface area (Å²) in [5.74, 6) is 0.945. The van der Waals surface area contributed by atoms with Gasteiger partial charge in [0.15, 0.2) is 0 Å². The Morgan fingerprint density at radius 2 is 1.69 bits per heavy atom. The van der Waals surface area contributed by atoms with Crippen LogP contribution in [0, 0.1) is 0 Å². The highest BCUT2D eigenvalue weighted by molar-refractivity contribution is 6.07. The second kappa shape index (κ2) is 7.21. The molecule has 0 aliphatic carbocycles. The van der Waals surface area contributed by atoms with Crippen LogP contribution < -0.4 is 4.74 Å². The van der Waals surface area contributed by atoms with Gasteiger partial charge in [-0.25, -0.2) is 4.98 Å². The molecule has 144 valence electrons. The molecule has 4 heteroatoms. The molecule has 29 heavy (non-hydrogen) atoms. The summed E-state index contributed by atoms with van der Waals surface area (Å²) < 4.78 is 5.32. The molecule has 0 atom stereocenters. The van der Waals surface area contributed by atoms with Crippen LogP contribution in [-0.4, -0.2) is 36.0 Å². The Morgan fingerprint density at radius 3 is 2.52 bits per heavy atom. The number of benzene rings is 3. The number of hydrogen-bond acceptors (Lipinski definition) is 3. The van der Waals surface area contributed by atoms with Gasteiger partial charge in [-0.15, -0.1) is 0 Å². The largest absolute Gasteiger partial charge is 0.497 e. The van der Waals surface area contributed by atoms with Gasteiger partial charge in [0.05, 0.1) is 23.9 Å². The molecule has 4 nitrogen and oxygen atoms in total. The Morgan fingerprint density at radius 1 is 0.931 bits per heavy atom. The summed E-state index contributed by atoms with van der Waals surface area (Å²) in [6.45, 7) is 1.67. The molecule has 1 saturated heterocycles. The summed E-state index contributed by atoms with van der Waals surface area (Å²) >= 11 is 0. The molecule has 4 aromatic rings. The molecule has 0 radical (unpaired) electrons. The molecule has 0 spiro atoms. The smallest absolute Gasteiger partial charge is 0.254 e. The molecule has 0 bridgehead atoms. The molecular formula is C25H22N2O2. The van der Waals surface area contributed by atoms with Crippen molar-refractivity contribution in [2.45, 2.75) is 12.8 Å². The number of para-hydroxylation sites is 1. The van der Waals surface area contributed by atoms with Crippen molar-refractivity contribution in [1.82, 2.24) is 9.88 Å². The summed E-state index contributed by atoms with van der Waals surface area (Å²) in [5.41, 5.74) is 3.41. The first kappa shape index (κ1) is 17.7. The summed E-state index contributed by atoms with van der Waals surface area (Å²) in [5, 5.41) is 3.15. The van der Waals surface area contributed by atoms with Crippen LogP contribution in [0.2, 0.25) is 0 Å². The van der Waals surface area contributed by atoms with Crippen molar-refractivity contribution in [3.63, 3.8) is 0 Å². The first-order chi connectivity index (χ1) is 14.2. The normalized spacial score (nSPS) is 13.9. The monoisotopic (exact) mass is 382 g/mol. The van der Waals surface area contributed by atoms with Crippen LogP contribution in [-0.2, 0) is 0 Å². The number of methoxy groups -OCH3 is 1. The van der Waals surface area contributed by atoms with E-state index in [0.29, 0.717) is 0 Å². The SMILES string of the molecule is COc1ccc2cc(-c3cc(C(=O)N4CCCC4)c4ccccc4n3)ccc2c1. The maximum absolute atomic E-state index is 13.2. The number of carbonyl (C=O) groups is 1. The lowest BCUT2D eigenvalue weighted by Gasteiger charge is -2.17. The zero-order chi connectivity index (χ0) is 19.8. The van der Waals surface area contributed by atoms with Gasteiger partial charge in [-0.05, 0) is 53.9 Å². The van der Waals surface area contributed by atoms with E-state index in [1.807, 2.05) is 47.4 Å². The first-order valence-electron chi connectivity index (χ1n) is 10.0. The molecule has 2 heterocycles. The maximum atomic E-state index is 13.2. The summed E-state index contributed by atoms with van der Waals surface area (Å²) in [4.78, 5) is 20.0. The fourth-order valence-electron chi connectivity index (χ4n) is 4.10. The number of pyridine rings is 1. The van der Waals surface area contributed by atoms with Gasteiger partial charge in [-0.3, -0.25) is 4.79 Å². The zero-order valence-electron chi connectivity index (χ0n) is 16.4. The second-order valence-corrected chi connectivity index (χ2v) is 7.50. The minimum absolute atomic E-state index is 0.105.